The fourth-order valence-electron chi connectivity index (χ4n) is 4.13. The fourth-order valence-corrected chi connectivity index (χ4v) is 4.51. The molecule has 3 unspecified atom stereocenters. The molecule has 25 heavy (non-hydrogen) atoms. The van der Waals surface area contributed by atoms with Gasteiger partial charge in [-0.05, 0) is 12.1 Å². The van der Waals surface area contributed by atoms with E-state index in [0.717, 1.165) is 0 Å². The van der Waals surface area contributed by atoms with E-state index in [-0.39, 0.29) is 46.1 Å². The van der Waals surface area contributed by atoms with Gasteiger partial charge >= 0.3 is 37.4 Å². The number of benzene rings is 1. The van der Waals surface area contributed by atoms with Gasteiger partial charge in [0.25, 0.3) is 5.79 Å². The summed E-state index contributed by atoms with van der Waals surface area (Å²) in [4.78, 5) is 31.1. The number of phosphoric ester groups is 1. The maximum atomic E-state index is 11.0. The summed E-state index contributed by atoms with van der Waals surface area (Å²) < 4.78 is 21.6. The Morgan fingerprint density at radius 3 is 2.40 bits per heavy atom. The van der Waals surface area contributed by atoms with E-state index in [4.69, 9.17) is 19.4 Å². The molecule has 2 saturated heterocycles. The van der Waals surface area contributed by atoms with E-state index in [0.29, 0.717) is 12.2 Å². The van der Waals surface area contributed by atoms with Crippen molar-refractivity contribution in [2.24, 2.45) is 10.8 Å². The number of phosphoric acid groups is 1. The minimum atomic E-state index is -4.90. The molecule has 0 spiro atoms. The first kappa shape index (κ1) is 21.4. The van der Waals surface area contributed by atoms with E-state index in [1.165, 1.54) is 12.1 Å². The molecular weight excluding hydrogens is 358 g/mol. The van der Waals surface area contributed by atoms with Crippen LogP contribution in [0.4, 0.5) is 0 Å². The molecule has 0 bridgehead atoms. The van der Waals surface area contributed by atoms with Gasteiger partial charge in [-0.1, -0.05) is 46.8 Å². The van der Waals surface area contributed by atoms with Crippen LogP contribution in [0, 0.1) is 10.8 Å². The van der Waals surface area contributed by atoms with Crippen LogP contribution in [0.1, 0.15) is 40.2 Å². The Morgan fingerprint density at radius 2 is 1.92 bits per heavy atom. The maximum Gasteiger partial charge on any atom is 1.00 e. The van der Waals surface area contributed by atoms with Crippen LogP contribution in [0.25, 0.3) is 0 Å². The molecule has 1 aromatic carbocycles. The number of hydrogen-bond donors (Lipinski definition) is 1. The van der Waals surface area contributed by atoms with Crippen molar-refractivity contribution in [3.63, 3.8) is 0 Å². The van der Waals surface area contributed by atoms with Crippen LogP contribution in [-0.2, 0) is 24.9 Å². The minimum Gasteiger partial charge on any atom is -0.746 e. The van der Waals surface area contributed by atoms with Gasteiger partial charge < -0.3 is 19.0 Å². The van der Waals surface area contributed by atoms with Crippen molar-refractivity contribution in [1.29, 1.82) is 0 Å². The second kappa shape index (κ2) is 6.30. The Bertz CT molecular complexity index is 711. The molecule has 0 radical (unpaired) electrons. The standard InChI is InChI=1S/C16H23O7P.Na/c1-13(2,3)16-14(4,5)10-20-15(16,22-23-16)11-7-6-8-12(9-11)21-24(17,18)19;/h6-9H,10H2,1-5H3,(H2,17,18,19);/q;+1/p-1. The number of hydrogen-bond acceptors (Lipinski definition) is 6. The third-order valence-electron chi connectivity index (χ3n) is 4.83. The van der Waals surface area contributed by atoms with Gasteiger partial charge in [0.2, 0.25) is 0 Å². The van der Waals surface area contributed by atoms with Gasteiger partial charge in [-0.25, -0.2) is 4.89 Å². The van der Waals surface area contributed by atoms with Crippen molar-refractivity contribution in [2.45, 2.75) is 46.0 Å². The van der Waals surface area contributed by atoms with Gasteiger partial charge in [-0.3, -0.25) is 4.57 Å². The van der Waals surface area contributed by atoms with Crippen LogP contribution in [0.15, 0.2) is 24.3 Å². The number of fused-ring (bicyclic) bond motifs is 1. The molecule has 0 saturated carbocycles. The molecule has 7 nitrogen and oxygen atoms in total. The molecule has 1 aromatic rings. The second-order valence-electron chi connectivity index (χ2n) is 7.97. The zero-order valence-corrected chi connectivity index (χ0v) is 18.3. The van der Waals surface area contributed by atoms with Crippen LogP contribution in [-0.4, -0.2) is 17.1 Å². The third kappa shape index (κ3) is 3.04. The van der Waals surface area contributed by atoms with Crippen molar-refractivity contribution in [1.82, 2.24) is 0 Å². The topological polar surface area (TPSA) is 97.3 Å². The van der Waals surface area contributed by atoms with Crippen molar-refractivity contribution < 1.29 is 62.9 Å². The van der Waals surface area contributed by atoms with Gasteiger partial charge in [-0.15, -0.1) is 0 Å². The van der Waals surface area contributed by atoms with E-state index < -0.39 is 19.2 Å². The summed E-state index contributed by atoms with van der Waals surface area (Å²) in [6.45, 7) is 10.6. The van der Waals surface area contributed by atoms with Crippen LogP contribution in [0.3, 0.4) is 0 Å². The van der Waals surface area contributed by atoms with E-state index in [2.05, 4.69) is 4.52 Å². The normalized spacial score (nSPS) is 32.8. The van der Waals surface area contributed by atoms with Crippen molar-refractivity contribution in [2.75, 3.05) is 6.61 Å². The van der Waals surface area contributed by atoms with E-state index in [1.54, 1.807) is 12.1 Å². The molecule has 9 heteroatoms. The Balaban J connectivity index is 0.00000225. The molecule has 0 aromatic heterocycles. The molecule has 1 N–H and O–H groups in total. The molecular formula is C16H22NaO7P. The Morgan fingerprint density at radius 1 is 1.28 bits per heavy atom. The molecule has 2 fully saturated rings. The molecule has 0 amide bonds. The maximum absolute atomic E-state index is 11.0. The summed E-state index contributed by atoms with van der Waals surface area (Å²) in [7, 11) is -4.90. The van der Waals surface area contributed by atoms with Crippen molar-refractivity contribution in [3.05, 3.63) is 29.8 Å². The van der Waals surface area contributed by atoms with Gasteiger partial charge in [0, 0.05) is 16.4 Å². The number of rotatable bonds is 3. The first-order chi connectivity index (χ1) is 10.8. The van der Waals surface area contributed by atoms with Gasteiger partial charge in [-0.2, -0.15) is 4.89 Å². The summed E-state index contributed by atoms with van der Waals surface area (Å²) in [5.74, 6) is -1.19. The van der Waals surface area contributed by atoms with Crippen LogP contribution < -0.4 is 39.0 Å². The van der Waals surface area contributed by atoms with E-state index in [1.807, 2.05) is 34.6 Å². The van der Waals surface area contributed by atoms with Gasteiger partial charge in [0.05, 0.1) is 6.61 Å². The molecule has 2 aliphatic rings. The third-order valence-corrected chi connectivity index (χ3v) is 5.27. The first-order valence-corrected chi connectivity index (χ1v) is 9.19. The van der Waals surface area contributed by atoms with Crippen LogP contribution in [0.5, 0.6) is 5.75 Å². The predicted molar refractivity (Wildman–Crippen MR) is 82.7 cm³/mol. The zero-order valence-electron chi connectivity index (χ0n) is 15.4. The Hall–Kier alpha value is 0.0500. The zero-order chi connectivity index (χ0) is 18.0. The average molecular weight is 380 g/mol. The van der Waals surface area contributed by atoms with E-state index in [9.17, 15) is 9.46 Å². The molecule has 2 heterocycles. The van der Waals surface area contributed by atoms with E-state index >= 15 is 0 Å². The van der Waals surface area contributed by atoms with Gasteiger partial charge in [0.15, 0.2) is 5.60 Å². The fraction of sp³-hybridized carbons (Fsp3) is 0.625. The number of ether oxygens (including phenoxy) is 1. The summed E-state index contributed by atoms with van der Waals surface area (Å²) in [5.41, 5.74) is -0.871. The van der Waals surface area contributed by atoms with Crippen molar-refractivity contribution in [3.8, 4) is 5.75 Å². The van der Waals surface area contributed by atoms with Crippen LogP contribution in [0.2, 0.25) is 0 Å². The molecule has 3 atom stereocenters. The van der Waals surface area contributed by atoms with Gasteiger partial charge in [0.1, 0.15) is 5.75 Å². The molecule has 0 aliphatic carbocycles. The van der Waals surface area contributed by atoms with Crippen LogP contribution >= 0.6 is 7.82 Å². The van der Waals surface area contributed by atoms with Crippen molar-refractivity contribution >= 4 is 7.82 Å². The summed E-state index contributed by atoms with van der Waals surface area (Å²) in [6, 6.07) is 6.27. The molecule has 3 rings (SSSR count). The second-order valence-corrected chi connectivity index (χ2v) is 9.09. The summed E-state index contributed by atoms with van der Waals surface area (Å²) in [6.07, 6.45) is 0. The minimum absolute atomic E-state index is 0. The summed E-state index contributed by atoms with van der Waals surface area (Å²) >= 11 is 0. The Labute approximate surface area is 169 Å². The quantitative estimate of drug-likeness (QED) is 0.428. The SMILES string of the molecule is CC(C)(C)C12OOC1(c1cccc(OP(=O)([O-])O)c1)OCC2(C)C.[Na+]. The first-order valence-electron chi connectivity index (χ1n) is 7.69. The Kier molecular flexibility index (Phi) is 5.38. The average Bonchev–Trinajstić information content (AvgIpc) is 2.50. The monoisotopic (exact) mass is 380 g/mol. The summed E-state index contributed by atoms with van der Waals surface area (Å²) in [5, 5.41) is 0. The molecule has 134 valence electrons. The predicted octanol–water partition coefficient (Wildman–Crippen LogP) is -0.514. The smallest absolute Gasteiger partial charge is 0.746 e. The molecule has 2 aliphatic heterocycles. The largest absolute Gasteiger partial charge is 1.00 e.